The van der Waals surface area contributed by atoms with E-state index in [1.807, 2.05) is 50.2 Å². The summed E-state index contributed by atoms with van der Waals surface area (Å²) in [5.74, 6) is 0.171. The van der Waals surface area contributed by atoms with Gasteiger partial charge in [-0.05, 0) is 36.2 Å². The first kappa shape index (κ1) is 23.2. The third-order valence-corrected chi connectivity index (χ3v) is 5.92. The Bertz CT molecular complexity index is 1600. The normalized spacial score (nSPS) is 11.4. The number of pyridine rings is 2. The van der Waals surface area contributed by atoms with E-state index in [4.69, 9.17) is 0 Å². The predicted octanol–water partition coefficient (Wildman–Crippen LogP) is 4.85. The van der Waals surface area contributed by atoms with Crippen LogP contribution < -0.4 is 5.32 Å². The first-order valence-corrected chi connectivity index (χ1v) is 11.7. The molecule has 0 unspecified atom stereocenters. The van der Waals surface area contributed by atoms with Crippen molar-refractivity contribution in [2.75, 3.05) is 19.4 Å². The molecule has 0 aliphatic carbocycles. The van der Waals surface area contributed by atoms with Crippen molar-refractivity contribution in [2.45, 2.75) is 20.3 Å². The highest BCUT2D eigenvalue weighted by Gasteiger charge is 2.17. The van der Waals surface area contributed by atoms with Crippen molar-refractivity contribution in [1.82, 2.24) is 30.0 Å². The maximum absolute atomic E-state index is 12.7. The third-order valence-electron chi connectivity index (χ3n) is 5.92. The number of anilines is 1. The molecule has 36 heavy (non-hydrogen) atoms. The van der Waals surface area contributed by atoms with Crippen LogP contribution in [0.25, 0.3) is 44.5 Å². The van der Waals surface area contributed by atoms with E-state index in [2.05, 4.69) is 30.5 Å². The van der Waals surface area contributed by atoms with Crippen molar-refractivity contribution >= 4 is 39.4 Å². The summed E-state index contributed by atoms with van der Waals surface area (Å²) < 4.78 is 0. The Morgan fingerprint density at radius 3 is 2.61 bits per heavy atom. The Kier molecular flexibility index (Phi) is 5.97. The summed E-state index contributed by atoms with van der Waals surface area (Å²) in [4.78, 5) is 38.7. The highest BCUT2D eigenvalue weighted by Crippen LogP contribution is 2.32. The molecular weight excluding hydrogens is 454 g/mol. The van der Waals surface area contributed by atoms with E-state index in [0.717, 1.165) is 33.1 Å². The average Bonchev–Trinajstić information content (AvgIpc) is 3.46. The molecule has 4 aromatic heterocycles. The number of aromatic nitrogens is 5. The molecular formula is C27H27N7O2. The van der Waals surface area contributed by atoms with Gasteiger partial charge in [-0.25, -0.2) is 4.98 Å². The monoisotopic (exact) mass is 481 g/mol. The number of aromatic amines is 2. The van der Waals surface area contributed by atoms with Gasteiger partial charge in [0.15, 0.2) is 5.65 Å². The van der Waals surface area contributed by atoms with E-state index in [0.29, 0.717) is 29.0 Å². The fourth-order valence-electron chi connectivity index (χ4n) is 4.23. The quantitative estimate of drug-likeness (QED) is 0.320. The van der Waals surface area contributed by atoms with E-state index in [9.17, 15) is 9.59 Å². The SMILES string of the molecule is CC(C)CC(=O)Nc1cncc(-c2cnc3[nH]nc(-c4cc5c(C(=O)N(C)C)cccc5[nH]4)c3c2)c1. The summed E-state index contributed by atoms with van der Waals surface area (Å²) in [6.45, 7) is 4.01. The van der Waals surface area contributed by atoms with E-state index in [1.165, 1.54) is 0 Å². The molecule has 0 saturated heterocycles. The first-order valence-electron chi connectivity index (χ1n) is 11.7. The number of amides is 2. The second-order valence-corrected chi connectivity index (χ2v) is 9.45. The molecule has 0 atom stereocenters. The van der Waals surface area contributed by atoms with Gasteiger partial charge in [0.05, 0.1) is 17.6 Å². The largest absolute Gasteiger partial charge is 0.353 e. The molecule has 0 aliphatic rings. The van der Waals surface area contributed by atoms with Gasteiger partial charge in [0.25, 0.3) is 5.91 Å². The Morgan fingerprint density at radius 2 is 1.83 bits per heavy atom. The minimum Gasteiger partial charge on any atom is -0.353 e. The lowest BCUT2D eigenvalue weighted by molar-refractivity contribution is -0.116. The van der Waals surface area contributed by atoms with Crippen molar-refractivity contribution in [2.24, 2.45) is 5.92 Å². The van der Waals surface area contributed by atoms with E-state index in [-0.39, 0.29) is 17.7 Å². The lowest BCUT2D eigenvalue weighted by Crippen LogP contribution is -2.21. The first-order chi connectivity index (χ1) is 17.3. The lowest BCUT2D eigenvalue weighted by atomic mass is 10.1. The maximum Gasteiger partial charge on any atom is 0.254 e. The highest BCUT2D eigenvalue weighted by atomic mass is 16.2. The Balaban J connectivity index is 1.52. The number of fused-ring (bicyclic) bond motifs is 2. The molecule has 9 nitrogen and oxygen atoms in total. The molecule has 5 aromatic rings. The van der Waals surface area contributed by atoms with Gasteiger partial charge in [-0.15, -0.1) is 0 Å². The van der Waals surface area contributed by atoms with Crippen LogP contribution in [0.15, 0.2) is 55.0 Å². The molecule has 0 aliphatic heterocycles. The predicted molar refractivity (Wildman–Crippen MR) is 141 cm³/mol. The number of nitrogens with one attached hydrogen (secondary N) is 3. The standard InChI is InChI=1S/C27H27N7O2/c1-15(2)8-24(35)30-18-9-16(12-28-14-18)17-10-21-25(32-33-26(21)29-13-17)23-11-20-19(27(36)34(3)4)6-5-7-22(20)31-23/h5-7,9-15,31H,8H2,1-4H3,(H,30,35)(H,29,32,33). The fraction of sp³-hybridized carbons (Fsp3) is 0.222. The van der Waals surface area contributed by atoms with Crippen LogP contribution >= 0.6 is 0 Å². The maximum atomic E-state index is 12.7. The number of nitrogens with zero attached hydrogens (tertiary/aromatic N) is 4. The number of hydrogen-bond acceptors (Lipinski definition) is 5. The minimum atomic E-state index is -0.0603. The van der Waals surface area contributed by atoms with Crippen LogP contribution in [-0.4, -0.2) is 56.0 Å². The molecule has 0 saturated carbocycles. The Hall–Kier alpha value is -4.53. The molecule has 3 N–H and O–H groups in total. The van der Waals surface area contributed by atoms with Crippen LogP contribution in [0.3, 0.4) is 0 Å². The molecule has 9 heteroatoms. The number of carbonyl (C=O) groups excluding carboxylic acids is 2. The summed E-state index contributed by atoms with van der Waals surface area (Å²) in [6.07, 6.45) is 5.57. The minimum absolute atomic E-state index is 0.0411. The van der Waals surface area contributed by atoms with Gasteiger partial charge in [-0.2, -0.15) is 5.10 Å². The van der Waals surface area contributed by atoms with Crippen LogP contribution in [0.1, 0.15) is 30.6 Å². The summed E-state index contributed by atoms with van der Waals surface area (Å²) in [5.41, 5.74) is 5.92. The second kappa shape index (κ2) is 9.26. The second-order valence-electron chi connectivity index (χ2n) is 9.45. The van der Waals surface area contributed by atoms with Gasteiger partial charge >= 0.3 is 0 Å². The van der Waals surface area contributed by atoms with Gasteiger partial charge in [-0.3, -0.25) is 19.7 Å². The molecule has 0 fully saturated rings. The van der Waals surface area contributed by atoms with Crippen LogP contribution in [0.4, 0.5) is 5.69 Å². The van der Waals surface area contributed by atoms with Crippen molar-refractivity contribution < 1.29 is 9.59 Å². The third kappa shape index (κ3) is 4.43. The lowest BCUT2D eigenvalue weighted by Gasteiger charge is -2.10. The van der Waals surface area contributed by atoms with Crippen molar-refractivity contribution in [3.63, 3.8) is 0 Å². The summed E-state index contributed by atoms with van der Waals surface area (Å²) in [6, 6.07) is 11.5. The van der Waals surface area contributed by atoms with E-state index in [1.54, 1.807) is 37.6 Å². The molecule has 5 rings (SSSR count). The molecule has 0 radical (unpaired) electrons. The summed E-state index contributed by atoms with van der Waals surface area (Å²) in [5, 5.41) is 12.1. The van der Waals surface area contributed by atoms with Gasteiger partial charge < -0.3 is 15.2 Å². The van der Waals surface area contributed by atoms with Gasteiger partial charge in [-0.1, -0.05) is 19.9 Å². The van der Waals surface area contributed by atoms with Crippen LogP contribution in [0.5, 0.6) is 0 Å². The van der Waals surface area contributed by atoms with E-state index >= 15 is 0 Å². The van der Waals surface area contributed by atoms with Crippen LogP contribution in [0.2, 0.25) is 0 Å². The highest BCUT2D eigenvalue weighted by molar-refractivity contribution is 6.08. The van der Waals surface area contributed by atoms with Crippen LogP contribution in [0, 0.1) is 5.92 Å². The van der Waals surface area contributed by atoms with Gasteiger partial charge in [0.2, 0.25) is 5.91 Å². The van der Waals surface area contributed by atoms with Crippen molar-refractivity contribution in [3.8, 4) is 22.5 Å². The van der Waals surface area contributed by atoms with Gasteiger partial charge in [0.1, 0.15) is 5.69 Å². The number of rotatable bonds is 6. The van der Waals surface area contributed by atoms with E-state index < -0.39 is 0 Å². The summed E-state index contributed by atoms with van der Waals surface area (Å²) >= 11 is 0. The molecule has 1 aromatic carbocycles. The number of benzene rings is 1. The Labute approximate surface area is 208 Å². The molecule has 2 amide bonds. The molecule has 0 bridgehead atoms. The topological polar surface area (TPSA) is 120 Å². The zero-order valence-corrected chi connectivity index (χ0v) is 20.6. The zero-order chi connectivity index (χ0) is 25.4. The summed E-state index contributed by atoms with van der Waals surface area (Å²) in [7, 11) is 3.48. The molecule has 182 valence electrons. The van der Waals surface area contributed by atoms with Crippen molar-refractivity contribution in [1.29, 1.82) is 0 Å². The fourth-order valence-corrected chi connectivity index (χ4v) is 4.23. The Morgan fingerprint density at radius 1 is 1.03 bits per heavy atom. The number of H-pyrrole nitrogens is 2. The number of hydrogen-bond donors (Lipinski definition) is 3. The van der Waals surface area contributed by atoms with Gasteiger partial charge in [0, 0.05) is 65.9 Å². The molecule has 4 heterocycles. The smallest absolute Gasteiger partial charge is 0.254 e. The van der Waals surface area contributed by atoms with Crippen molar-refractivity contribution in [3.05, 3.63) is 60.6 Å². The van der Waals surface area contributed by atoms with Crippen LogP contribution in [-0.2, 0) is 4.79 Å². The number of carbonyl (C=O) groups is 2. The average molecular weight is 482 g/mol. The zero-order valence-electron chi connectivity index (χ0n) is 20.6. The molecule has 0 spiro atoms.